The number of hydrogen-bond donors (Lipinski definition) is 1. The molecule has 0 unspecified atom stereocenters. The predicted octanol–water partition coefficient (Wildman–Crippen LogP) is 2.05. The minimum atomic E-state index is -0.124. The summed E-state index contributed by atoms with van der Waals surface area (Å²) in [4.78, 5) is 31.4. The van der Waals surface area contributed by atoms with E-state index in [9.17, 15) is 9.59 Å². The van der Waals surface area contributed by atoms with E-state index in [4.69, 9.17) is 4.52 Å². The molecule has 3 heterocycles. The summed E-state index contributed by atoms with van der Waals surface area (Å²) in [5.41, 5.74) is 0. The SMILES string of the molecule is CC(=O)NCc1ccc(C(=O)N2CCC[C@@H]2c2noc(C)n2)s1. The van der Waals surface area contributed by atoms with Gasteiger partial charge in [-0.1, -0.05) is 5.16 Å². The maximum absolute atomic E-state index is 12.8. The first-order valence-electron chi connectivity index (χ1n) is 7.49. The van der Waals surface area contributed by atoms with Gasteiger partial charge >= 0.3 is 0 Å². The predicted molar refractivity (Wildman–Crippen MR) is 83.9 cm³/mol. The number of carbonyl (C=O) groups is 2. The molecule has 1 atom stereocenters. The van der Waals surface area contributed by atoms with E-state index >= 15 is 0 Å². The fraction of sp³-hybridized carbons (Fsp3) is 0.467. The highest BCUT2D eigenvalue weighted by Crippen LogP contribution is 2.32. The molecule has 3 rings (SSSR count). The molecule has 0 aromatic carbocycles. The van der Waals surface area contributed by atoms with Crippen molar-refractivity contribution < 1.29 is 14.1 Å². The lowest BCUT2D eigenvalue weighted by Gasteiger charge is -2.21. The topological polar surface area (TPSA) is 88.3 Å². The molecule has 1 N–H and O–H groups in total. The van der Waals surface area contributed by atoms with E-state index in [0.717, 1.165) is 17.7 Å². The Labute approximate surface area is 137 Å². The lowest BCUT2D eigenvalue weighted by atomic mass is 10.2. The van der Waals surface area contributed by atoms with Crippen molar-refractivity contribution in [3.8, 4) is 0 Å². The Morgan fingerprint density at radius 3 is 3.00 bits per heavy atom. The lowest BCUT2D eigenvalue weighted by Crippen LogP contribution is -2.30. The molecule has 0 bridgehead atoms. The van der Waals surface area contributed by atoms with Crippen LogP contribution in [0.4, 0.5) is 0 Å². The third-order valence-electron chi connectivity index (χ3n) is 3.74. The number of aryl methyl sites for hydroxylation is 1. The molecule has 0 aliphatic carbocycles. The summed E-state index contributed by atoms with van der Waals surface area (Å²) in [5.74, 6) is 0.976. The maximum atomic E-state index is 12.8. The van der Waals surface area contributed by atoms with Gasteiger partial charge in [0.15, 0.2) is 5.82 Å². The summed E-state index contributed by atoms with van der Waals surface area (Å²) < 4.78 is 5.03. The van der Waals surface area contributed by atoms with Gasteiger partial charge in [0, 0.05) is 25.3 Å². The van der Waals surface area contributed by atoms with Gasteiger partial charge in [-0.25, -0.2) is 0 Å². The molecule has 1 aliphatic rings. The van der Waals surface area contributed by atoms with E-state index in [1.807, 2.05) is 6.07 Å². The average molecular weight is 334 g/mol. The maximum Gasteiger partial charge on any atom is 0.264 e. The molecule has 0 radical (unpaired) electrons. The zero-order valence-electron chi connectivity index (χ0n) is 13.0. The first kappa shape index (κ1) is 15.7. The van der Waals surface area contributed by atoms with Gasteiger partial charge in [0.25, 0.3) is 5.91 Å². The van der Waals surface area contributed by atoms with Crippen LogP contribution in [0.25, 0.3) is 0 Å². The summed E-state index contributed by atoms with van der Waals surface area (Å²) >= 11 is 1.40. The van der Waals surface area contributed by atoms with Crippen LogP contribution in [0, 0.1) is 6.92 Å². The van der Waals surface area contributed by atoms with Gasteiger partial charge in [0.2, 0.25) is 11.8 Å². The Morgan fingerprint density at radius 2 is 2.30 bits per heavy atom. The first-order valence-corrected chi connectivity index (χ1v) is 8.30. The van der Waals surface area contributed by atoms with E-state index in [-0.39, 0.29) is 17.9 Å². The number of nitrogens with one attached hydrogen (secondary N) is 1. The minimum Gasteiger partial charge on any atom is -0.351 e. The summed E-state index contributed by atoms with van der Waals surface area (Å²) in [6.07, 6.45) is 1.77. The molecule has 8 heteroatoms. The van der Waals surface area contributed by atoms with Crippen molar-refractivity contribution in [3.63, 3.8) is 0 Å². The van der Waals surface area contributed by atoms with E-state index in [1.54, 1.807) is 17.9 Å². The number of nitrogens with zero attached hydrogens (tertiary/aromatic N) is 3. The molecule has 122 valence electrons. The molecule has 23 heavy (non-hydrogen) atoms. The van der Waals surface area contributed by atoms with E-state index < -0.39 is 0 Å². The molecule has 7 nitrogen and oxygen atoms in total. The highest BCUT2D eigenvalue weighted by molar-refractivity contribution is 7.14. The summed E-state index contributed by atoms with van der Waals surface area (Å²) in [6.45, 7) is 4.35. The van der Waals surface area contributed by atoms with Crippen LogP contribution in [0.1, 0.15) is 52.1 Å². The van der Waals surface area contributed by atoms with Gasteiger partial charge in [-0.3, -0.25) is 9.59 Å². The molecular formula is C15H18N4O3S. The number of amides is 2. The first-order chi connectivity index (χ1) is 11.0. The van der Waals surface area contributed by atoms with Crippen LogP contribution >= 0.6 is 11.3 Å². The Hall–Kier alpha value is -2.22. The van der Waals surface area contributed by atoms with Gasteiger partial charge in [-0.05, 0) is 25.0 Å². The van der Waals surface area contributed by atoms with Crippen molar-refractivity contribution in [1.82, 2.24) is 20.4 Å². The van der Waals surface area contributed by atoms with Gasteiger partial charge < -0.3 is 14.7 Å². The zero-order valence-corrected chi connectivity index (χ0v) is 13.9. The smallest absolute Gasteiger partial charge is 0.264 e. The highest BCUT2D eigenvalue weighted by Gasteiger charge is 2.34. The van der Waals surface area contributed by atoms with Gasteiger partial charge in [0.1, 0.15) is 0 Å². The minimum absolute atomic E-state index is 0.0194. The van der Waals surface area contributed by atoms with Gasteiger partial charge in [-0.2, -0.15) is 4.98 Å². The van der Waals surface area contributed by atoms with Crippen LogP contribution in [0.5, 0.6) is 0 Å². The second kappa shape index (κ2) is 6.49. The standard InChI is InChI=1S/C15H18N4O3S/c1-9(20)16-8-11-5-6-13(23-11)15(21)19-7-3-4-12(19)14-17-10(2)22-18-14/h5-6,12H,3-4,7-8H2,1-2H3,(H,16,20)/t12-/m1/s1. The largest absolute Gasteiger partial charge is 0.351 e. The van der Waals surface area contributed by atoms with E-state index in [2.05, 4.69) is 15.5 Å². The summed E-state index contributed by atoms with van der Waals surface area (Å²) in [7, 11) is 0. The van der Waals surface area contributed by atoms with E-state index in [1.165, 1.54) is 18.3 Å². The number of thiophene rings is 1. The fourth-order valence-electron chi connectivity index (χ4n) is 2.67. The number of carbonyl (C=O) groups excluding carboxylic acids is 2. The Balaban J connectivity index is 1.73. The van der Waals surface area contributed by atoms with Crippen molar-refractivity contribution in [1.29, 1.82) is 0 Å². The average Bonchev–Trinajstić information content (AvgIpc) is 3.24. The fourth-order valence-corrected chi connectivity index (χ4v) is 3.57. The molecular weight excluding hydrogens is 316 g/mol. The second-order valence-electron chi connectivity index (χ2n) is 5.50. The van der Waals surface area contributed by atoms with Crippen molar-refractivity contribution in [2.45, 2.75) is 39.3 Å². The van der Waals surface area contributed by atoms with Crippen LogP contribution in [0.3, 0.4) is 0 Å². The van der Waals surface area contributed by atoms with Crippen LogP contribution in [-0.2, 0) is 11.3 Å². The van der Waals surface area contributed by atoms with Crippen molar-refractivity contribution >= 4 is 23.2 Å². The van der Waals surface area contributed by atoms with E-state index in [0.29, 0.717) is 29.7 Å². The lowest BCUT2D eigenvalue weighted by molar-refractivity contribution is -0.119. The molecule has 1 aliphatic heterocycles. The van der Waals surface area contributed by atoms with Crippen molar-refractivity contribution in [3.05, 3.63) is 33.6 Å². The van der Waals surface area contributed by atoms with Gasteiger partial charge in [0.05, 0.1) is 17.5 Å². The normalized spacial score (nSPS) is 17.5. The Kier molecular flexibility index (Phi) is 4.42. The molecule has 0 spiro atoms. The second-order valence-corrected chi connectivity index (χ2v) is 6.67. The van der Waals surface area contributed by atoms with Crippen LogP contribution in [0.15, 0.2) is 16.7 Å². The molecule has 2 amide bonds. The van der Waals surface area contributed by atoms with Crippen LogP contribution in [0.2, 0.25) is 0 Å². The molecule has 2 aromatic heterocycles. The molecule has 0 saturated carbocycles. The number of likely N-dealkylation sites (tertiary alicyclic amines) is 1. The highest BCUT2D eigenvalue weighted by atomic mass is 32.1. The Bertz CT molecular complexity index is 724. The zero-order chi connectivity index (χ0) is 16.4. The third-order valence-corrected chi connectivity index (χ3v) is 4.81. The Morgan fingerprint density at radius 1 is 1.48 bits per heavy atom. The molecule has 1 saturated heterocycles. The van der Waals surface area contributed by atoms with Crippen LogP contribution in [-0.4, -0.2) is 33.4 Å². The number of rotatable bonds is 4. The van der Waals surface area contributed by atoms with Crippen molar-refractivity contribution in [2.24, 2.45) is 0 Å². The quantitative estimate of drug-likeness (QED) is 0.924. The molecule has 1 fully saturated rings. The third kappa shape index (κ3) is 3.42. The summed E-state index contributed by atoms with van der Waals surface area (Å²) in [5, 5.41) is 6.69. The number of hydrogen-bond acceptors (Lipinski definition) is 6. The number of aromatic nitrogens is 2. The van der Waals surface area contributed by atoms with Crippen LogP contribution < -0.4 is 5.32 Å². The van der Waals surface area contributed by atoms with Gasteiger partial charge in [-0.15, -0.1) is 11.3 Å². The van der Waals surface area contributed by atoms with Crippen molar-refractivity contribution in [2.75, 3.05) is 6.54 Å². The monoisotopic (exact) mass is 334 g/mol. The summed E-state index contributed by atoms with van der Waals surface area (Å²) in [6, 6.07) is 3.55. The molecule has 2 aromatic rings.